The van der Waals surface area contributed by atoms with E-state index in [0.29, 0.717) is 11.5 Å². The maximum atomic E-state index is 11.7. The van der Waals surface area contributed by atoms with E-state index in [1.807, 2.05) is 6.07 Å². The van der Waals surface area contributed by atoms with Gasteiger partial charge in [-0.25, -0.2) is 4.98 Å². The molecule has 1 aliphatic rings. The third kappa shape index (κ3) is 3.48. The van der Waals surface area contributed by atoms with Gasteiger partial charge in [-0.1, -0.05) is 30.3 Å². The summed E-state index contributed by atoms with van der Waals surface area (Å²) in [6, 6.07) is 16.0. The number of hydrogen-bond donors (Lipinski definition) is 2. The van der Waals surface area contributed by atoms with Crippen LogP contribution in [0.25, 0.3) is 11.0 Å². The number of anilines is 1. The second-order valence-corrected chi connectivity index (χ2v) is 6.99. The van der Waals surface area contributed by atoms with E-state index in [-0.39, 0.29) is 5.78 Å². The maximum Gasteiger partial charge on any atom is 0.203 e. The summed E-state index contributed by atoms with van der Waals surface area (Å²) >= 11 is 0. The normalized spacial score (nSPS) is 15.5. The number of aromatic nitrogens is 2. The molecule has 2 aromatic carbocycles. The number of Topliss-reactive ketones (excluding diaryl/α,β-unsaturated/α-hetero) is 1. The molecule has 0 saturated carbocycles. The van der Waals surface area contributed by atoms with Gasteiger partial charge in [-0.2, -0.15) is 0 Å². The zero-order valence-corrected chi connectivity index (χ0v) is 14.7. The molecular weight excluding hydrogens is 326 g/mol. The van der Waals surface area contributed by atoms with Gasteiger partial charge in [-0.05, 0) is 48.9 Å². The van der Waals surface area contributed by atoms with Crippen LogP contribution in [0.4, 0.5) is 5.95 Å². The van der Waals surface area contributed by atoms with Crippen molar-refractivity contribution < 1.29 is 9.90 Å². The van der Waals surface area contributed by atoms with E-state index in [2.05, 4.69) is 45.2 Å². The maximum absolute atomic E-state index is 11.7. The lowest BCUT2D eigenvalue weighted by Gasteiger charge is -2.31. The molecule has 0 spiro atoms. The molecule has 4 rings (SSSR count). The van der Waals surface area contributed by atoms with Gasteiger partial charge in [-0.3, -0.25) is 4.79 Å². The molecule has 0 aliphatic carbocycles. The molecule has 3 aromatic rings. The van der Waals surface area contributed by atoms with Crippen LogP contribution >= 0.6 is 0 Å². The average molecular weight is 349 g/mol. The lowest BCUT2D eigenvalue weighted by atomic mass is 9.90. The first-order valence-corrected chi connectivity index (χ1v) is 9.15. The Morgan fingerprint density at radius 1 is 1.15 bits per heavy atom. The van der Waals surface area contributed by atoms with Crippen LogP contribution in [0, 0.1) is 5.92 Å². The number of benzene rings is 2. The minimum atomic E-state index is -0.471. The van der Waals surface area contributed by atoms with Crippen molar-refractivity contribution in [2.75, 3.05) is 24.6 Å². The lowest BCUT2D eigenvalue weighted by Crippen LogP contribution is -2.35. The summed E-state index contributed by atoms with van der Waals surface area (Å²) in [6.07, 6.45) is 3.45. The summed E-state index contributed by atoms with van der Waals surface area (Å²) in [5.41, 5.74) is 3.61. The van der Waals surface area contributed by atoms with E-state index >= 15 is 0 Å². The fraction of sp³-hybridized carbons (Fsp3) is 0.333. The monoisotopic (exact) mass is 349 g/mol. The van der Waals surface area contributed by atoms with Gasteiger partial charge in [0.2, 0.25) is 5.95 Å². The van der Waals surface area contributed by atoms with Crippen LogP contribution in [0.2, 0.25) is 0 Å². The molecule has 0 radical (unpaired) electrons. The van der Waals surface area contributed by atoms with Gasteiger partial charge >= 0.3 is 0 Å². The molecule has 2 N–H and O–H groups in total. The van der Waals surface area contributed by atoms with Gasteiger partial charge in [0.05, 0.1) is 11.0 Å². The number of piperidine rings is 1. The summed E-state index contributed by atoms with van der Waals surface area (Å²) < 4.78 is 0. The van der Waals surface area contributed by atoms with Crippen molar-refractivity contribution >= 4 is 22.8 Å². The minimum Gasteiger partial charge on any atom is -0.388 e. The Labute approximate surface area is 152 Å². The third-order valence-electron chi connectivity index (χ3n) is 5.22. The summed E-state index contributed by atoms with van der Waals surface area (Å²) in [6.45, 7) is 1.50. The van der Waals surface area contributed by atoms with Gasteiger partial charge in [0.15, 0.2) is 5.78 Å². The Morgan fingerprint density at radius 3 is 2.65 bits per heavy atom. The van der Waals surface area contributed by atoms with Crippen molar-refractivity contribution in [1.82, 2.24) is 9.97 Å². The molecule has 5 heteroatoms. The van der Waals surface area contributed by atoms with E-state index in [1.54, 1.807) is 12.1 Å². The van der Waals surface area contributed by atoms with Crippen molar-refractivity contribution in [3.63, 3.8) is 0 Å². The highest BCUT2D eigenvalue weighted by atomic mass is 16.3. The van der Waals surface area contributed by atoms with E-state index < -0.39 is 6.61 Å². The van der Waals surface area contributed by atoms with Crippen LogP contribution < -0.4 is 4.90 Å². The summed E-state index contributed by atoms with van der Waals surface area (Å²) in [4.78, 5) is 21.9. The average Bonchev–Trinajstić information content (AvgIpc) is 3.12. The Morgan fingerprint density at radius 2 is 1.92 bits per heavy atom. The van der Waals surface area contributed by atoms with Crippen molar-refractivity contribution in [1.29, 1.82) is 0 Å². The van der Waals surface area contributed by atoms with Crippen molar-refractivity contribution in [2.24, 2.45) is 5.92 Å². The number of hydrogen-bond acceptors (Lipinski definition) is 4. The molecule has 0 unspecified atom stereocenters. The van der Waals surface area contributed by atoms with Gasteiger partial charge in [-0.15, -0.1) is 0 Å². The summed E-state index contributed by atoms with van der Waals surface area (Å²) in [5, 5.41) is 9.02. The number of carbonyl (C=O) groups is 1. The minimum absolute atomic E-state index is 0.273. The van der Waals surface area contributed by atoms with E-state index in [1.165, 1.54) is 5.56 Å². The van der Waals surface area contributed by atoms with Crippen molar-refractivity contribution in [3.05, 3.63) is 59.7 Å². The molecule has 26 heavy (non-hydrogen) atoms. The molecule has 0 amide bonds. The number of aliphatic hydroxyl groups excluding tert-OH is 1. The lowest BCUT2D eigenvalue weighted by molar-refractivity contribution is 0.0904. The second kappa shape index (κ2) is 7.30. The first kappa shape index (κ1) is 16.8. The molecule has 2 heterocycles. The Bertz CT molecular complexity index is 896. The topological polar surface area (TPSA) is 69.2 Å². The first-order chi connectivity index (χ1) is 12.7. The van der Waals surface area contributed by atoms with E-state index in [4.69, 9.17) is 5.11 Å². The summed E-state index contributed by atoms with van der Waals surface area (Å²) in [7, 11) is 0. The first-order valence-electron chi connectivity index (χ1n) is 9.15. The number of imidazole rings is 1. The van der Waals surface area contributed by atoms with Crippen molar-refractivity contribution in [3.8, 4) is 0 Å². The van der Waals surface area contributed by atoms with Crippen LogP contribution in [0.5, 0.6) is 0 Å². The van der Waals surface area contributed by atoms with E-state index in [9.17, 15) is 4.79 Å². The SMILES string of the molecule is O=C(CO)c1ccc2nc(N3CCC(Cc4ccccc4)CC3)[nH]c2c1. The van der Waals surface area contributed by atoms with Crippen LogP contribution in [0.3, 0.4) is 0 Å². The van der Waals surface area contributed by atoms with Gasteiger partial charge in [0.25, 0.3) is 0 Å². The molecule has 0 bridgehead atoms. The van der Waals surface area contributed by atoms with Crippen molar-refractivity contribution in [2.45, 2.75) is 19.3 Å². The van der Waals surface area contributed by atoms with Gasteiger partial charge in [0, 0.05) is 18.7 Å². The molecular formula is C21H23N3O2. The Balaban J connectivity index is 1.43. The van der Waals surface area contributed by atoms with Crippen LogP contribution in [-0.4, -0.2) is 40.6 Å². The van der Waals surface area contributed by atoms with Crippen LogP contribution in [-0.2, 0) is 6.42 Å². The number of rotatable bonds is 5. The fourth-order valence-electron chi connectivity index (χ4n) is 3.71. The molecule has 5 nitrogen and oxygen atoms in total. The number of nitrogens with one attached hydrogen (secondary N) is 1. The molecule has 1 saturated heterocycles. The number of carbonyl (C=O) groups excluding carboxylic acids is 1. The van der Waals surface area contributed by atoms with Gasteiger partial charge in [0.1, 0.15) is 6.61 Å². The molecule has 1 fully saturated rings. The van der Waals surface area contributed by atoms with Crippen LogP contribution in [0.1, 0.15) is 28.8 Å². The highest BCUT2D eigenvalue weighted by Crippen LogP contribution is 2.26. The van der Waals surface area contributed by atoms with Crippen LogP contribution in [0.15, 0.2) is 48.5 Å². The number of nitrogens with zero attached hydrogens (tertiary/aromatic N) is 2. The summed E-state index contributed by atoms with van der Waals surface area (Å²) in [5.74, 6) is 1.31. The zero-order chi connectivity index (χ0) is 17.9. The smallest absolute Gasteiger partial charge is 0.203 e. The second-order valence-electron chi connectivity index (χ2n) is 6.99. The number of aliphatic hydroxyl groups is 1. The molecule has 134 valence electrons. The van der Waals surface area contributed by atoms with Gasteiger partial charge < -0.3 is 15.0 Å². The Kier molecular flexibility index (Phi) is 4.71. The largest absolute Gasteiger partial charge is 0.388 e. The highest BCUT2D eigenvalue weighted by molar-refractivity contribution is 5.99. The quantitative estimate of drug-likeness (QED) is 0.694. The number of ketones is 1. The van der Waals surface area contributed by atoms with E-state index in [0.717, 1.165) is 49.3 Å². The number of H-pyrrole nitrogens is 1. The number of aromatic amines is 1. The molecule has 1 aromatic heterocycles. The highest BCUT2D eigenvalue weighted by Gasteiger charge is 2.21. The third-order valence-corrected chi connectivity index (χ3v) is 5.22. The molecule has 1 aliphatic heterocycles. The standard InChI is InChI=1S/C21H23N3O2/c25-14-20(26)17-6-7-18-19(13-17)23-21(22-18)24-10-8-16(9-11-24)12-15-4-2-1-3-5-15/h1-7,13,16,25H,8-12,14H2,(H,22,23). The predicted octanol–water partition coefficient (Wildman–Crippen LogP) is 3.20. The molecule has 0 atom stereocenters. The zero-order valence-electron chi connectivity index (χ0n) is 14.7. The number of fused-ring (bicyclic) bond motifs is 1. The predicted molar refractivity (Wildman–Crippen MR) is 103 cm³/mol. The fourth-order valence-corrected chi connectivity index (χ4v) is 3.71. The Hall–Kier alpha value is -2.66.